The lowest BCUT2D eigenvalue weighted by Gasteiger charge is -2.35. The van der Waals surface area contributed by atoms with Gasteiger partial charge in [-0.25, -0.2) is 14.6 Å². The Hall–Kier alpha value is -1.90. The number of amidine groups is 1. The second kappa shape index (κ2) is 12.6. The van der Waals surface area contributed by atoms with Gasteiger partial charge in [-0.05, 0) is 39.4 Å². The van der Waals surface area contributed by atoms with E-state index >= 15 is 0 Å². The summed E-state index contributed by atoms with van der Waals surface area (Å²) in [4.78, 5) is 30.0. The van der Waals surface area contributed by atoms with Crippen molar-refractivity contribution in [3.05, 3.63) is 0 Å². The van der Waals surface area contributed by atoms with Gasteiger partial charge in [-0.1, -0.05) is 45.4 Å². The molecule has 166 valence electrons. The molecule has 1 rings (SSSR count). The Kier molecular flexibility index (Phi) is 10.9. The van der Waals surface area contributed by atoms with Gasteiger partial charge in [0.25, 0.3) is 0 Å². The Balaban J connectivity index is 3.01. The van der Waals surface area contributed by atoms with Gasteiger partial charge >= 0.3 is 12.2 Å². The molecule has 1 aliphatic rings. The van der Waals surface area contributed by atoms with Crippen LogP contribution in [0.3, 0.4) is 0 Å². The van der Waals surface area contributed by atoms with E-state index in [0.717, 1.165) is 29.3 Å². The quantitative estimate of drug-likeness (QED) is 0.337. The number of hydrogen-bond acceptors (Lipinski definition) is 7. The molecule has 1 unspecified atom stereocenters. The van der Waals surface area contributed by atoms with E-state index in [9.17, 15) is 9.59 Å². The van der Waals surface area contributed by atoms with Gasteiger partial charge in [0.1, 0.15) is 5.84 Å². The minimum Gasteiger partial charge on any atom is -0.487 e. The van der Waals surface area contributed by atoms with Crippen LogP contribution in [-0.2, 0) is 14.2 Å². The van der Waals surface area contributed by atoms with Crippen molar-refractivity contribution in [3.63, 3.8) is 0 Å². The number of carbonyl (C=O) groups is 2. The Bertz CT molecular complexity index is 599. The topological polar surface area (TPSA) is 80.7 Å². The number of amides is 2. The smallest absolute Gasteiger partial charge is 0.435 e. The number of nitrogens with zero attached hydrogens (tertiary/aromatic N) is 3. The molecule has 29 heavy (non-hydrogen) atoms. The summed E-state index contributed by atoms with van der Waals surface area (Å²) in [6.45, 7) is 7.53. The number of thiocarbonyl (C=S) groups is 1. The fourth-order valence-electron chi connectivity index (χ4n) is 3.20. The zero-order chi connectivity index (χ0) is 21.9. The summed E-state index contributed by atoms with van der Waals surface area (Å²) in [5, 5.41) is 2.30. The van der Waals surface area contributed by atoms with E-state index in [0.29, 0.717) is 12.3 Å². The van der Waals surface area contributed by atoms with E-state index in [-0.39, 0.29) is 18.3 Å². The molecular weight excluding hydrogens is 394 g/mol. The van der Waals surface area contributed by atoms with Gasteiger partial charge in [0, 0.05) is 6.42 Å². The highest BCUT2D eigenvalue weighted by molar-refractivity contribution is 7.80. The van der Waals surface area contributed by atoms with Crippen molar-refractivity contribution in [1.29, 1.82) is 0 Å². The molecule has 0 saturated heterocycles. The lowest BCUT2D eigenvalue weighted by Crippen LogP contribution is -2.59. The lowest BCUT2D eigenvalue weighted by molar-refractivity contribution is -0.00566. The first kappa shape index (κ1) is 25.1. The average Bonchev–Trinajstić information content (AvgIpc) is 3.00. The van der Waals surface area contributed by atoms with Gasteiger partial charge in [-0.3, -0.25) is 0 Å². The van der Waals surface area contributed by atoms with Crippen LogP contribution in [0.2, 0.25) is 0 Å². The van der Waals surface area contributed by atoms with Crippen LogP contribution in [0.1, 0.15) is 79.1 Å². The molecule has 0 bridgehead atoms. The first-order valence-corrected chi connectivity index (χ1v) is 10.9. The minimum atomic E-state index is -1.36. The first-order chi connectivity index (χ1) is 13.9. The fraction of sp³-hybridized carbons (Fsp3) is 0.800. The van der Waals surface area contributed by atoms with Crippen LogP contribution in [0.25, 0.3) is 0 Å². The number of carbonyl (C=O) groups excluding carboxylic acids is 2. The maximum Gasteiger partial charge on any atom is 0.435 e. The van der Waals surface area contributed by atoms with Crippen molar-refractivity contribution in [2.75, 3.05) is 20.3 Å². The van der Waals surface area contributed by atoms with Gasteiger partial charge in [-0.15, -0.1) is 0 Å². The predicted octanol–water partition coefficient (Wildman–Crippen LogP) is 5.06. The first-order valence-electron chi connectivity index (χ1n) is 10.5. The lowest BCUT2D eigenvalue weighted by atomic mass is 10.1. The van der Waals surface area contributed by atoms with Crippen molar-refractivity contribution in [2.45, 2.75) is 84.7 Å². The van der Waals surface area contributed by atoms with E-state index < -0.39 is 17.8 Å². The van der Waals surface area contributed by atoms with Crippen molar-refractivity contribution in [3.8, 4) is 0 Å². The molecule has 0 spiro atoms. The molecule has 0 aliphatic carbocycles. The third-order valence-corrected chi connectivity index (χ3v) is 5.21. The monoisotopic (exact) mass is 429 g/mol. The molecule has 0 aromatic carbocycles. The Morgan fingerprint density at radius 1 is 0.966 bits per heavy atom. The molecule has 0 saturated carbocycles. The molecule has 0 N–H and O–H groups in total. The SMILES string of the molecule is CCCCCCCCCC1=NC(C)(C(=S)OC)N(C(=O)OCC)N1C(=O)OCC. The molecule has 2 amide bonds. The summed E-state index contributed by atoms with van der Waals surface area (Å²) in [6.07, 6.45) is 6.98. The van der Waals surface area contributed by atoms with Crippen molar-refractivity contribution < 1.29 is 23.8 Å². The van der Waals surface area contributed by atoms with Crippen LogP contribution in [0.4, 0.5) is 9.59 Å². The molecule has 0 fully saturated rings. The Morgan fingerprint density at radius 2 is 1.52 bits per heavy atom. The second-order valence-corrected chi connectivity index (χ2v) is 7.30. The van der Waals surface area contributed by atoms with E-state index in [1.54, 1.807) is 20.8 Å². The minimum absolute atomic E-state index is 0.0643. The number of ether oxygens (including phenoxy) is 3. The zero-order valence-corrected chi connectivity index (χ0v) is 19.2. The van der Waals surface area contributed by atoms with Gasteiger partial charge in [0.15, 0.2) is 0 Å². The van der Waals surface area contributed by atoms with E-state index in [1.165, 1.54) is 32.8 Å². The maximum atomic E-state index is 12.7. The molecule has 8 nitrogen and oxygen atoms in total. The van der Waals surface area contributed by atoms with Crippen LogP contribution in [0.15, 0.2) is 4.99 Å². The third kappa shape index (κ3) is 6.55. The predicted molar refractivity (Wildman–Crippen MR) is 116 cm³/mol. The van der Waals surface area contributed by atoms with E-state index in [4.69, 9.17) is 26.4 Å². The second-order valence-electron chi connectivity index (χ2n) is 6.93. The third-order valence-electron chi connectivity index (χ3n) is 4.66. The normalized spacial score (nSPS) is 18.4. The maximum absolute atomic E-state index is 12.7. The van der Waals surface area contributed by atoms with E-state index in [1.807, 2.05) is 0 Å². The summed E-state index contributed by atoms with van der Waals surface area (Å²) in [5.74, 6) is 0.423. The summed E-state index contributed by atoms with van der Waals surface area (Å²) in [7, 11) is 1.41. The largest absolute Gasteiger partial charge is 0.487 e. The van der Waals surface area contributed by atoms with Crippen LogP contribution >= 0.6 is 12.2 Å². The van der Waals surface area contributed by atoms with Crippen molar-refractivity contribution in [2.24, 2.45) is 4.99 Å². The number of hydrazine groups is 1. The van der Waals surface area contributed by atoms with Gasteiger partial charge < -0.3 is 14.2 Å². The molecule has 0 aromatic heterocycles. The van der Waals surface area contributed by atoms with Crippen molar-refractivity contribution >= 4 is 35.3 Å². The number of aliphatic imine (C=N–C) groups is 1. The molecule has 9 heteroatoms. The highest BCUT2D eigenvalue weighted by Gasteiger charge is 2.53. The van der Waals surface area contributed by atoms with E-state index in [2.05, 4.69) is 11.9 Å². The zero-order valence-electron chi connectivity index (χ0n) is 18.4. The summed E-state index contributed by atoms with van der Waals surface area (Å²) >= 11 is 5.30. The van der Waals surface area contributed by atoms with Crippen LogP contribution in [-0.4, -0.2) is 59.1 Å². The summed E-state index contributed by atoms with van der Waals surface area (Å²) in [5.41, 5.74) is -1.36. The molecule has 1 atom stereocenters. The van der Waals surface area contributed by atoms with Crippen LogP contribution < -0.4 is 0 Å². The number of hydrogen-bond donors (Lipinski definition) is 0. The highest BCUT2D eigenvalue weighted by Crippen LogP contribution is 2.32. The average molecular weight is 430 g/mol. The molecule has 0 aromatic rings. The van der Waals surface area contributed by atoms with Gasteiger partial charge in [0.05, 0.1) is 20.3 Å². The molecule has 0 radical (unpaired) electrons. The van der Waals surface area contributed by atoms with Gasteiger partial charge in [-0.2, -0.15) is 10.0 Å². The van der Waals surface area contributed by atoms with Crippen LogP contribution in [0.5, 0.6) is 0 Å². The molecule has 1 heterocycles. The summed E-state index contributed by atoms with van der Waals surface area (Å²) in [6, 6.07) is 0. The highest BCUT2D eigenvalue weighted by atomic mass is 32.1. The molecule has 1 aliphatic heterocycles. The number of methoxy groups -OCH3 is 1. The molecular formula is C20H35N3O5S. The fourth-order valence-corrected chi connectivity index (χ4v) is 3.33. The Morgan fingerprint density at radius 3 is 2.07 bits per heavy atom. The van der Waals surface area contributed by atoms with Crippen molar-refractivity contribution in [1.82, 2.24) is 10.0 Å². The number of unbranched alkanes of at least 4 members (excludes halogenated alkanes) is 6. The van der Waals surface area contributed by atoms with Crippen LogP contribution in [0, 0.1) is 0 Å². The summed E-state index contributed by atoms with van der Waals surface area (Å²) < 4.78 is 15.5. The van der Waals surface area contributed by atoms with Gasteiger partial charge in [0.2, 0.25) is 10.7 Å². The number of rotatable bonds is 11. The Labute approximate surface area is 179 Å². The standard InChI is InChI=1S/C20H35N3O5S/c1-6-9-10-11-12-13-14-15-16-21-20(4,17(29)26-5)23(19(25)28-8-3)22(16)18(24)27-7-2/h6-15H2,1-5H3.